The molecule has 0 spiro atoms. The Balaban J connectivity index is 1.74. The number of aryl methyl sites for hydroxylation is 2. The zero-order valence-electron chi connectivity index (χ0n) is 13.1. The molecule has 120 valence electrons. The Bertz CT molecular complexity index is 907. The van der Waals surface area contributed by atoms with Gasteiger partial charge in [-0.25, -0.2) is 8.42 Å². The molecule has 2 aromatic carbocycles. The summed E-state index contributed by atoms with van der Waals surface area (Å²) in [5, 5.41) is 2.21. The lowest BCUT2D eigenvalue weighted by Crippen LogP contribution is -2.37. The number of nitrogens with zero attached hydrogens (tertiary/aromatic N) is 1. The van der Waals surface area contributed by atoms with Gasteiger partial charge in [-0.3, -0.25) is 4.79 Å². The third-order valence-corrected chi connectivity index (χ3v) is 6.93. The molecule has 1 fully saturated rings. The van der Waals surface area contributed by atoms with Crippen LogP contribution in [0.15, 0.2) is 30.3 Å². The van der Waals surface area contributed by atoms with Crippen molar-refractivity contribution in [2.75, 3.05) is 18.6 Å². The van der Waals surface area contributed by atoms with Crippen molar-refractivity contribution in [3.63, 3.8) is 0 Å². The van der Waals surface area contributed by atoms with Crippen LogP contribution in [-0.4, -0.2) is 43.8 Å². The molecular weight excluding hydrogens is 310 g/mol. The molecule has 0 aromatic heterocycles. The monoisotopic (exact) mass is 329 g/mol. The molecule has 1 aliphatic heterocycles. The zero-order valence-corrected chi connectivity index (χ0v) is 13.9. The summed E-state index contributed by atoms with van der Waals surface area (Å²) in [6.45, 7) is 0. The predicted molar refractivity (Wildman–Crippen MR) is 90.5 cm³/mol. The molecule has 2 aromatic rings. The van der Waals surface area contributed by atoms with E-state index in [9.17, 15) is 13.2 Å². The summed E-state index contributed by atoms with van der Waals surface area (Å²) in [5.74, 6) is 0.179. The molecule has 0 saturated carbocycles. The molecule has 2 aliphatic rings. The van der Waals surface area contributed by atoms with Gasteiger partial charge in [0.1, 0.15) is 0 Å². The topological polar surface area (TPSA) is 54.5 Å². The van der Waals surface area contributed by atoms with Gasteiger partial charge in [0.15, 0.2) is 9.84 Å². The van der Waals surface area contributed by atoms with E-state index in [-0.39, 0.29) is 23.5 Å². The molecule has 4 rings (SSSR count). The first-order valence-corrected chi connectivity index (χ1v) is 9.79. The number of carbonyl (C=O) groups excluding carboxylic acids is 1. The second kappa shape index (κ2) is 5.06. The Morgan fingerprint density at radius 3 is 2.57 bits per heavy atom. The van der Waals surface area contributed by atoms with E-state index in [2.05, 4.69) is 6.07 Å². The molecule has 0 radical (unpaired) electrons. The van der Waals surface area contributed by atoms with Gasteiger partial charge in [-0.05, 0) is 47.2 Å². The van der Waals surface area contributed by atoms with Crippen LogP contribution in [0.5, 0.6) is 0 Å². The Hall–Kier alpha value is -1.88. The van der Waals surface area contributed by atoms with Crippen molar-refractivity contribution in [1.82, 2.24) is 4.90 Å². The predicted octanol–water partition coefficient (Wildman–Crippen LogP) is 2.20. The van der Waals surface area contributed by atoms with E-state index < -0.39 is 9.84 Å². The number of sulfone groups is 1. The molecule has 1 amide bonds. The second-order valence-corrected chi connectivity index (χ2v) is 8.81. The summed E-state index contributed by atoms with van der Waals surface area (Å²) in [6, 6.07) is 9.86. The maximum absolute atomic E-state index is 12.9. The van der Waals surface area contributed by atoms with E-state index in [4.69, 9.17) is 0 Å². The van der Waals surface area contributed by atoms with Crippen molar-refractivity contribution in [2.24, 2.45) is 0 Å². The van der Waals surface area contributed by atoms with Gasteiger partial charge in [0.25, 0.3) is 5.91 Å². The highest BCUT2D eigenvalue weighted by atomic mass is 32.2. The van der Waals surface area contributed by atoms with E-state index in [1.54, 1.807) is 11.9 Å². The normalized spacial score (nSPS) is 21.7. The summed E-state index contributed by atoms with van der Waals surface area (Å²) in [5.41, 5.74) is 3.29. The Morgan fingerprint density at radius 1 is 1.13 bits per heavy atom. The van der Waals surface area contributed by atoms with Gasteiger partial charge in [-0.15, -0.1) is 0 Å². The molecule has 5 heteroatoms. The van der Waals surface area contributed by atoms with Crippen LogP contribution in [-0.2, 0) is 22.7 Å². The molecule has 4 nitrogen and oxygen atoms in total. The highest BCUT2D eigenvalue weighted by molar-refractivity contribution is 7.91. The van der Waals surface area contributed by atoms with Gasteiger partial charge in [-0.2, -0.15) is 0 Å². The average Bonchev–Trinajstić information content (AvgIpc) is 3.11. The smallest absolute Gasteiger partial charge is 0.254 e. The molecule has 1 unspecified atom stereocenters. The van der Waals surface area contributed by atoms with Crippen molar-refractivity contribution in [3.05, 3.63) is 47.0 Å². The SMILES string of the molecule is CN(C(=O)c1ccc2c3c(cccc13)CC2)C1CCS(=O)(=O)C1. The van der Waals surface area contributed by atoms with Crippen LogP contribution >= 0.6 is 0 Å². The van der Waals surface area contributed by atoms with Gasteiger partial charge in [-0.1, -0.05) is 24.3 Å². The van der Waals surface area contributed by atoms with Crippen molar-refractivity contribution in [2.45, 2.75) is 25.3 Å². The van der Waals surface area contributed by atoms with Gasteiger partial charge in [0.05, 0.1) is 11.5 Å². The second-order valence-electron chi connectivity index (χ2n) is 6.58. The third-order valence-electron chi connectivity index (χ3n) is 5.18. The standard InChI is InChI=1S/C18H19NO3S/c1-19(14-9-10-23(21,22)11-14)18(20)16-8-7-13-6-5-12-3-2-4-15(16)17(12)13/h2-4,7-8,14H,5-6,9-11H2,1H3. The average molecular weight is 329 g/mol. The first kappa shape index (κ1) is 14.7. The molecule has 1 aliphatic carbocycles. The highest BCUT2D eigenvalue weighted by Crippen LogP contribution is 2.33. The minimum Gasteiger partial charge on any atom is -0.338 e. The fraction of sp³-hybridized carbons (Fsp3) is 0.389. The highest BCUT2D eigenvalue weighted by Gasteiger charge is 2.33. The number of rotatable bonds is 2. The van der Waals surface area contributed by atoms with Crippen LogP contribution in [0.1, 0.15) is 27.9 Å². The summed E-state index contributed by atoms with van der Waals surface area (Å²) in [6.07, 6.45) is 2.59. The largest absolute Gasteiger partial charge is 0.338 e. The quantitative estimate of drug-likeness (QED) is 0.849. The fourth-order valence-corrected chi connectivity index (χ4v) is 5.64. The molecule has 0 bridgehead atoms. The third kappa shape index (κ3) is 2.34. The van der Waals surface area contributed by atoms with Crippen molar-refractivity contribution < 1.29 is 13.2 Å². The summed E-state index contributed by atoms with van der Waals surface area (Å²) in [4.78, 5) is 14.5. The number of benzene rings is 2. The Labute approximate surface area is 136 Å². The maximum atomic E-state index is 12.9. The summed E-state index contributed by atoms with van der Waals surface area (Å²) in [7, 11) is -1.28. The van der Waals surface area contributed by atoms with Crippen LogP contribution in [0.2, 0.25) is 0 Å². The first-order valence-electron chi connectivity index (χ1n) is 7.97. The van der Waals surface area contributed by atoms with Crippen molar-refractivity contribution in [1.29, 1.82) is 0 Å². The van der Waals surface area contributed by atoms with Crippen LogP contribution in [0.25, 0.3) is 10.8 Å². The summed E-state index contributed by atoms with van der Waals surface area (Å²) >= 11 is 0. The van der Waals surface area contributed by atoms with E-state index in [1.807, 2.05) is 24.3 Å². The lowest BCUT2D eigenvalue weighted by molar-refractivity contribution is 0.0749. The number of carbonyl (C=O) groups is 1. The van der Waals surface area contributed by atoms with Gasteiger partial charge < -0.3 is 4.90 Å². The van der Waals surface area contributed by atoms with Gasteiger partial charge in [0.2, 0.25) is 0 Å². The van der Waals surface area contributed by atoms with Crippen LogP contribution in [0, 0.1) is 0 Å². The lowest BCUT2D eigenvalue weighted by atomic mass is 9.99. The summed E-state index contributed by atoms with van der Waals surface area (Å²) < 4.78 is 23.4. The minimum absolute atomic E-state index is 0.0799. The van der Waals surface area contributed by atoms with Crippen molar-refractivity contribution >= 4 is 26.5 Å². The molecular formula is C18H19NO3S. The first-order chi connectivity index (χ1) is 11.0. The molecule has 1 heterocycles. The number of hydrogen-bond donors (Lipinski definition) is 0. The van der Waals surface area contributed by atoms with E-state index >= 15 is 0 Å². The lowest BCUT2D eigenvalue weighted by Gasteiger charge is -2.24. The molecule has 23 heavy (non-hydrogen) atoms. The number of hydrogen-bond acceptors (Lipinski definition) is 3. The van der Waals surface area contributed by atoms with E-state index in [0.29, 0.717) is 12.0 Å². The van der Waals surface area contributed by atoms with Gasteiger partial charge >= 0.3 is 0 Å². The van der Waals surface area contributed by atoms with Crippen LogP contribution < -0.4 is 0 Å². The Morgan fingerprint density at radius 2 is 1.87 bits per heavy atom. The Kier molecular flexibility index (Phi) is 3.23. The fourth-order valence-electron chi connectivity index (χ4n) is 3.87. The minimum atomic E-state index is -3.00. The number of amides is 1. The molecule has 1 saturated heterocycles. The van der Waals surface area contributed by atoms with E-state index in [0.717, 1.165) is 18.2 Å². The maximum Gasteiger partial charge on any atom is 0.254 e. The molecule has 1 atom stereocenters. The van der Waals surface area contributed by atoms with Crippen LogP contribution in [0.3, 0.4) is 0 Å². The van der Waals surface area contributed by atoms with Crippen molar-refractivity contribution in [3.8, 4) is 0 Å². The van der Waals surface area contributed by atoms with Crippen LogP contribution in [0.4, 0.5) is 0 Å². The zero-order chi connectivity index (χ0) is 16.2. The van der Waals surface area contributed by atoms with Gasteiger partial charge in [0, 0.05) is 18.7 Å². The molecule has 0 N–H and O–H groups in total. The van der Waals surface area contributed by atoms with E-state index in [1.165, 1.54) is 16.5 Å².